The highest BCUT2D eigenvalue weighted by Gasteiger charge is 2.46. The molecule has 0 fully saturated rings. The largest absolute Gasteiger partial charge is 0.501 e. The van der Waals surface area contributed by atoms with Crippen molar-refractivity contribution in [1.29, 1.82) is 0 Å². The summed E-state index contributed by atoms with van der Waals surface area (Å²) in [4.78, 5) is 16.1. The van der Waals surface area contributed by atoms with Gasteiger partial charge in [0.05, 0.1) is 29.0 Å². The van der Waals surface area contributed by atoms with Crippen LogP contribution in [0.25, 0.3) is 16.9 Å². The number of pyridine rings is 1. The molecule has 1 N–H and O–H groups in total. The Hall–Kier alpha value is -3.93. The number of nitrogens with zero attached hydrogens (tertiary/aromatic N) is 3. The van der Waals surface area contributed by atoms with E-state index in [0.29, 0.717) is 29.0 Å². The van der Waals surface area contributed by atoms with Crippen molar-refractivity contribution in [2.75, 3.05) is 0 Å². The SMILES string of the molecule is O=c1n(Cc2ccnc(-c3ccc(F)cc3)c2)cc(O)n1-c1ccc(S(=O)(=O)C(F)(F)F)cc1. The Balaban J connectivity index is 1.63. The lowest BCUT2D eigenvalue weighted by Gasteiger charge is -2.09. The minimum atomic E-state index is -5.54. The van der Waals surface area contributed by atoms with E-state index in [1.165, 1.54) is 22.9 Å². The van der Waals surface area contributed by atoms with Gasteiger partial charge in [0.15, 0.2) is 0 Å². The summed E-state index contributed by atoms with van der Waals surface area (Å²) in [7, 11) is -5.54. The second kappa shape index (κ2) is 8.45. The molecule has 4 aromatic rings. The van der Waals surface area contributed by atoms with Gasteiger partial charge in [0.2, 0.25) is 5.88 Å². The number of imidazole rings is 1. The minimum absolute atomic E-state index is 0.0240. The maximum atomic E-state index is 13.2. The van der Waals surface area contributed by atoms with E-state index in [9.17, 15) is 35.9 Å². The van der Waals surface area contributed by atoms with Crippen LogP contribution >= 0.6 is 0 Å². The molecule has 0 spiro atoms. The molecule has 2 aromatic heterocycles. The molecule has 0 unspecified atom stereocenters. The highest BCUT2D eigenvalue weighted by atomic mass is 32.2. The second-order valence-corrected chi connectivity index (χ2v) is 9.17. The van der Waals surface area contributed by atoms with E-state index < -0.39 is 37.6 Å². The molecule has 0 saturated heterocycles. The van der Waals surface area contributed by atoms with Gasteiger partial charge in [0.25, 0.3) is 9.84 Å². The molecule has 0 saturated carbocycles. The van der Waals surface area contributed by atoms with Gasteiger partial charge >= 0.3 is 11.2 Å². The number of halogens is 4. The van der Waals surface area contributed by atoms with Crippen molar-refractivity contribution in [2.45, 2.75) is 16.9 Å². The molecular formula is C22H15F4N3O4S. The topological polar surface area (TPSA) is 94.2 Å². The van der Waals surface area contributed by atoms with Crippen molar-refractivity contribution in [3.8, 4) is 22.8 Å². The monoisotopic (exact) mass is 493 g/mol. The van der Waals surface area contributed by atoms with Gasteiger partial charge in [0.1, 0.15) is 5.82 Å². The zero-order valence-corrected chi connectivity index (χ0v) is 17.9. The average Bonchev–Trinajstić information content (AvgIpc) is 3.06. The fourth-order valence-electron chi connectivity index (χ4n) is 3.29. The third-order valence-corrected chi connectivity index (χ3v) is 6.47. The van der Waals surface area contributed by atoms with Gasteiger partial charge in [-0.05, 0) is 66.2 Å². The summed E-state index contributed by atoms with van der Waals surface area (Å²) in [6, 6.07) is 12.4. The molecule has 2 heterocycles. The second-order valence-electron chi connectivity index (χ2n) is 7.23. The first-order valence-electron chi connectivity index (χ1n) is 9.61. The Morgan fingerprint density at radius 2 is 1.62 bits per heavy atom. The van der Waals surface area contributed by atoms with E-state index in [1.807, 2.05) is 0 Å². The molecular weight excluding hydrogens is 478 g/mol. The molecule has 0 atom stereocenters. The van der Waals surface area contributed by atoms with Crippen molar-refractivity contribution in [3.63, 3.8) is 0 Å². The molecule has 4 rings (SSSR count). The van der Waals surface area contributed by atoms with Crippen LogP contribution in [0, 0.1) is 5.82 Å². The van der Waals surface area contributed by atoms with E-state index in [4.69, 9.17) is 0 Å². The van der Waals surface area contributed by atoms with Crippen molar-refractivity contribution in [2.24, 2.45) is 0 Å². The number of aromatic nitrogens is 3. The van der Waals surface area contributed by atoms with Crippen molar-refractivity contribution in [1.82, 2.24) is 14.1 Å². The first-order valence-corrected chi connectivity index (χ1v) is 11.1. The number of rotatable bonds is 5. The Labute approximate surface area is 190 Å². The van der Waals surface area contributed by atoms with Crippen molar-refractivity contribution >= 4 is 9.84 Å². The molecule has 0 bridgehead atoms. The fourth-order valence-corrected chi connectivity index (χ4v) is 4.05. The average molecular weight is 493 g/mol. The third kappa shape index (κ3) is 4.31. The van der Waals surface area contributed by atoms with Gasteiger partial charge in [-0.3, -0.25) is 9.55 Å². The lowest BCUT2D eigenvalue weighted by atomic mass is 10.1. The predicted molar refractivity (Wildman–Crippen MR) is 114 cm³/mol. The summed E-state index contributed by atoms with van der Waals surface area (Å²) in [6.07, 6.45) is 2.65. The zero-order chi connectivity index (χ0) is 24.7. The lowest BCUT2D eigenvalue weighted by molar-refractivity contribution is -0.0436. The van der Waals surface area contributed by atoms with Crippen LogP contribution in [0.2, 0.25) is 0 Å². The molecule has 34 heavy (non-hydrogen) atoms. The summed E-state index contributed by atoms with van der Waals surface area (Å²) in [5.74, 6) is -0.892. The summed E-state index contributed by atoms with van der Waals surface area (Å²) in [6.45, 7) is 0.0244. The van der Waals surface area contributed by atoms with Crippen LogP contribution in [-0.4, -0.2) is 33.2 Å². The van der Waals surface area contributed by atoms with E-state index in [1.54, 1.807) is 24.3 Å². The predicted octanol–water partition coefficient (Wildman–Crippen LogP) is 3.89. The number of aromatic hydroxyl groups is 1. The molecule has 0 radical (unpaired) electrons. The van der Waals surface area contributed by atoms with Crippen LogP contribution in [0.15, 0.2) is 82.7 Å². The fraction of sp³-hybridized carbons (Fsp3) is 0.0909. The summed E-state index contributed by atoms with van der Waals surface area (Å²) in [5, 5.41) is 10.3. The zero-order valence-electron chi connectivity index (χ0n) is 17.1. The summed E-state index contributed by atoms with van der Waals surface area (Å²) < 4.78 is 76.4. The van der Waals surface area contributed by atoms with Gasteiger partial charge in [0, 0.05) is 11.8 Å². The Bertz CT molecular complexity index is 1510. The standard InChI is InChI=1S/C22H15F4N3O4S/c23-16-3-1-15(2-4-16)19-11-14(9-10-27-19)12-28-13-20(30)29(21(28)31)17-5-7-18(8-6-17)34(32,33)22(24,25)26/h1-11,13,30H,12H2. The third-order valence-electron chi connectivity index (χ3n) is 4.96. The normalized spacial score (nSPS) is 12.1. The molecule has 0 aliphatic carbocycles. The van der Waals surface area contributed by atoms with Gasteiger partial charge in [-0.15, -0.1) is 0 Å². The van der Waals surface area contributed by atoms with Gasteiger partial charge in [-0.25, -0.2) is 22.2 Å². The van der Waals surface area contributed by atoms with Crippen LogP contribution in [-0.2, 0) is 16.4 Å². The number of alkyl halides is 3. The molecule has 2 aromatic carbocycles. The van der Waals surface area contributed by atoms with Gasteiger partial charge in [-0.1, -0.05) is 0 Å². The van der Waals surface area contributed by atoms with Gasteiger partial charge < -0.3 is 5.11 Å². The molecule has 0 aliphatic rings. The van der Waals surface area contributed by atoms with Crippen LogP contribution < -0.4 is 5.69 Å². The molecule has 0 aliphatic heterocycles. The van der Waals surface area contributed by atoms with Crippen LogP contribution in [0.3, 0.4) is 0 Å². The maximum Gasteiger partial charge on any atom is 0.501 e. The van der Waals surface area contributed by atoms with Gasteiger partial charge in [-0.2, -0.15) is 13.2 Å². The minimum Gasteiger partial charge on any atom is -0.493 e. The molecule has 176 valence electrons. The van der Waals surface area contributed by atoms with E-state index in [-0.39, 0.29) is 12.2 Å². The highest BCUT2D eigenvalue weighted by molar-refractivity contribution is 7.92. The highest BCUT2D eigenvalue weighted by Crippen LogP contribution is 2.30. The van der Waals surface area contributed by atoms with E-state index in [0.717, 1.165) is 22.9 Å². The van der Waals surface area contributed by atoms with Crippen molar-refractivity contribution in [3.05, 3.63) is 94.9 Å². The molecule has 7 nitrogen and oxygen atoms in total. The quantitative estimate of drug-likeness (QED) is 0.426. The van der Waals surface area contributed by atoms with E-state index in [2.05, 4.69) is 4.98 Å². The van der Waals surface area contributed by atoms with Crippen molar-refractivity contribution < 1.29 is 31.1 Å². The lowest BCUT2D eigenvalue weighted by Crippen LogP contribution is -2.24. The Kier molecular flexibility index (Phi) is 5.77. The first kappa shape index (κ1) is 23.2. The smallest absolute Gasteiger partial charge is 0.493 e. The van der Waals surface area contributed by atoms with E-state index >= 15 is 0 Å². The first-order chi connectivity index (χ1) is 16.0. The number of sulfone groups is 1. The van der Waals surface area contributed by atoms with Crippen LogP contribution in [0.4, 0.5) is 17.6 Å². The maximum absolute atomic E-state index is 13.2. The number of hydrogen-bond acceptors (Lipinski definition) is 5. The Morgan fingerprint density at radius 3 is 2.24 bits per heavy atom. The molecule has 0 amide bonds. The number of hydrogen-bond donors (Lipinski definition) is 1. The molecule has 12 heteroatoms. The summed E-state index contributed by atoms with van der Waals surface area (Å²) in [5.41, 5.74) is -4.36. The van der Waals surface area contributed by atoms with Crippen LogP contribution in [0.5, 0.6) is 5.88 Å². The summed E-state index contributed by atoms with van der Waals surface area (Å²) >= 11 is 0. The van der Waals surface area contributed by atoms with Crippen LogP contribution in [0.1, 0.15) is 5.56 Å². The Morgan fingerprint density at radius 1 is 0.971 bits per heavy atom. The number of benzene rings is 2.